The number of aliphatic hydroxyl groups excluding tert-OH is 1. The molecule has 0 aliphatic carbocycles. The Morgan fingerprint density at radius 2 is 1.41 bits per heavy atom. The molecule has 7 heteroatoms. The fraction of sp³-hybridized carbons (Fsp3) is 0.867. The third-order valence-corrected chi connectivity index (χ3v) is 3.79. The van der Waals surface area contributed by atoms with Crippen LogP contribution in [0.5, 0.6) is 0 Å². The molecule has 1 rings (SSSR count). The van der Waals surface area contributed by atoms with Gasteiger partial charge in [-0.2, -0.15) is 0 Å². The van der Waals surface area contributed by atoms with Gasteiger partial charge in [0.1, 0.15) is 6.10 Å². The molecule has 0 aromatic rings. The van der Waals surface area contributed by atoms with Crippen molar-refractivity contribution in [2.45, 2.75) is 66.1 Å². The molecular formula is C15H25BrO6. The Balaban J connectivity index is 2.92. The van der Waals surface area contributed by atoms with E-state index in [0.29, 0.717) is 5.33 Å². The van der Waals surface area contributed by atoms with Crippen molar-refractivity contribution in [3.8, 4) is 0 Å². The third-order valence-electron chi connectivity index (χ3n) is 3.15. The summed E-state index contributed by atoms with van der Waals surface area (Å²) in [7, 11) is 0. The zero-order chi connectivity index (χ0) is 17.3. The van der Waals surface area contributed by atoms with E-state index in [9.17, 15) is 14.7 Å². The molecule has 128 valence electrons. The van der Waals surface area contributed by atoms with Gasteiger partial charge in [-0.05, 0) is 41.5 Å². The number of esters is 2. The first-order chi connectivity index (χ1) is 9.87. The van der Waals surface area contributed by atoms with Crippen molar-refractivity contribution in [1.82, 2.24) is 0 Å². The number of rotatable bonds is 3. The highest BCUT2D eigenvalue weighted by atomic mass is 79.9. The minimum atomic E-state index is -1.33. The Morgan fingerprint density at radius 1 is 1.00 bits per heavy atom. The van der Waals surface area contributed by atoms with Crippen molar-refractivity contribution in [2.75, 3.05) is 5.33 Å². The first kappa shape index (κ1) is 19.4. The summed E-state index contributed by atoms with van der Waals surface area (Å²) in [6.45, 7) is 10.3. The predicted octanol–water partition coefficient (Wildman–Crippen LogP) is 2.01. The van der Waals surface area contributed by atoms with Gasteiger partial charge in [-0.1, -0.05) is 15.9 Å². The van der Waals surface area contributed by atoms with Crippen molar-refractivity contribution < 1.29 is 28.9 Å². The molecule has 6 nitrogen and oxygen atoms in total. The highest BCUT2D eigenvalue weighted by molar-refractivity contribution is 9.09. The molecular weight excluding hydrogens is 356 g/mol. The van der Waals surface area contributed by atoms with Crippen LogP contribution in [0.3, 0.4) is 0 Å². The molecule has 1 saturated heterocycles. The molecule has 1 aliphatic heterocycles. The number of aliphatic hydroxyl groups is 1. The number of hydrogen-bond donors (Lipinski definition) is 1. The maximum atomic E-state index is 12.1. The van der Waals surface area contributed by atoms with Crippen LogP contribution in [0, 0.1) is 10.8 Å². The molecule has 0 amide bonds. The van der Waals surface area contributed by atoms with E-state index in [-0.39, 0.29) is 0 Å². The number of hydrogen-bond acceptors (Lipinski definition) is 6. The van der Waals surface area contributed by atoms with Gasteiger partial charge < -0.3 is 19.3 Å². The van der Waals surface area contributed by atoms with Crippen LogP contribution in [-0.4, -0.2) is 47.0 Å². The summed E-state index contributed by atoms with van der Waals surface area (Å²) in [5.41, 5.74) is -1.44. The molecule has 0 aromatic heterocycles. The maximum absolute atomic E-state index is 12.1. The van der Waals surface area contributed by atoms with E-state index in [1.807, 2.05) is 0 Å². The van der Waals surface area contributed by atoms with Crippen molar-refractivity contribution in [3.05, 3.63) is 0 Å². The number of ether oxygens (including phenoxy) is 3. The van der Waals surface area contributed by atoms with Gasteiger partial charge in [0.2, 0.25) is 0 Å². The molecule has 0 saturated carbocycles. The van der Waals surface area contributed by atoms with Gasteiger partial charge in [0.25, 0.3) is 0 Å². The van der Waals surface area contributed by atoms with E-state index in [4.69, 9.17) is 14.2 Å². The van der Waals surface area contributed by atoms with Gasteiger partial charge in [0.05, 0.1) is 10.8 Å². The largest absolute Gasteiger partial charge is 0.455 e. The number of carbonyl (C=O) groups excluding carboxylic acids is 2. The van der Waals surface area contributed by atoms with Crippen LogP contribution in [0.1, 0.15) is 41.5 Å². The Labute approximate surface area is 139 Å². The van der Waals surface area contributed by atoms with E-state index >= 15 is 0 Å². The van der Waals surface area contributed by atoms with Gasteiger partial charge in [-0.25, -0.2) is 0 Å². The van der Waals surface area contributed by atoms with Gasteiger partial charge in [-0.15, -0.1) is 0 Å². The van der Waals surface area contributed by atoms with Gasteiger partial charge in [-0.3, -0.25) is 9.59 Å². The lowest BCUT2D eigenvalue weighted by atomic mass is 9.96. The van der Waals surface area contributed by atoms with Gasteiger partial charge >= 0.3 is 11.9 Å². The molecule has 0 bridgehead atoms. The van der Waals surface area contributed by atoms with E-state index < -0.39 is 47.4 Å². The summed E-state index contributed by atoms with van der Waals surface area (Å²) in [6, 6.07) is 0. The van der Waals surface area contributed by atoms with Crippen LogP contribution in [0.2, 0.25) is 0 Å². The maximum Gasteiger partial charge on any atom is 0.311 e. The summed E-state index contributed by atoms with van der Waals surface area (Å²) < 4.78 is 16.1. The average molecular weight is 381 g/mol. The van der Waals surface area contributed by atoms with Crippen molar-refractivity contribution in [1.29, 1.82) is 0 Å². The number of carbonyl (C=O) groups is 2. The van der Waals surface area contributed by atoms with Crippen LogP contribution in [0.25, 0.3) is 0 Å². The molecule has 0 spiro atoms. The summed E-state index contributed by atoms with van der Waals surface area (Å²) in [5.74, 6) is -0.940. The first-order valence-electron chi connectivity index (χ1n) is 7.19. The van der Waals surface area contributed by atoms with E-state index in [0.717, 1.165) is 0 Å². The lowest BCUT2D eigenvalue weighted by Gasteiger charge is -2.28. The molecule has 4 atom stereocenters. The zero-order valence-electron chi connectivity index (χ0n) is 13.9. The van der Waals surface area contributed by atoms with Crippen LogP contribution in [0.15, 0.2) is 0 Å². The fourth-order valence-electron chi connectivity index (χ4n) is 1.70. The number of alkyl halides is 1. The molecule has 0 aromatic carbocycles. The highest BCUT2D eigenvalue weighted by Crippen LogP contribution is 2.30. The summed E-state index contributed by atoms with van der Waals surface area (Å²) in [4.78, 5) is 24.2. The van der Waals surface area contributed by atoms with Crippen LogP contribution in [0.4, 0.5) is 0 Å². The normalized spacial score (nSPS) is 29.3. The molecule has 1 heterocycles. The lowest BCUT2D eigenvalue weighted by molar-refractivity contribution is -0.185. The van der Waals surface area contributed by atoms with Crippen LogP contribution in [-0.2, 0) is 23.8 Å². The van der Waals surface area contributed by atoms with Gasteiger partial charge in [0, 0.05) is 5.33 Å². The molecule has 1 N–H and O–H groups in total. The van der Waals surface area contributed by atoms with E-state index in [1.165, 1.54) is 0 Å². The van der Waals surface area contributed by atoms with Gasteiger partial charge in [0.15, 0.2) is 18.5 Å². The molecule has 0 radical (unpaired) electrons. The molecule has 1 aliphatic rings. The quantitative estimate of drug-likeness (QED) is 0.595. The molecule has 22 heavy (non-hydrogen) atoms. The second kappa shape index (κ2) is 6.84. The van der Waals surface area contributed by atoms with Crippen molar-refractivity contribution in [3.63, 3.8) is 0 Å². The van der Waals surface area contributed by atoms with E-state index in [2.05, 4.69) is 15.9 Å². The van der Waals surface area contributed by atoms with E-state index in [1.54, 1.807) is 41.5 Å². The highest BCUT2D eigenvalue weighted by Gasteiger charge is 2.50. The average Bonchev–Trinajstić information content (AvgIpc) is 2.64. The standard InChI is InChI=1S/C15H25BrO6/c1-14(2,3)12(18)21-9-8(7-16)20-11(17)10(9)22-13(19)15(4,5)6/h8-11,17H,7H2,1-6H3/t8?,9-,10-,11?/m1/s1. The number of halogens is 1. The van der Waals surface area contributed by atoms with Crippen molar-refractivity contribution in [2.24, 2.45) is 10.8 Å². The van der Waals surface area contributed by atoms with Crippen LogP contribution >= 0.6 is 15.9 Å². The second-order valence-corrected chi connectivity index (χ2v) is 8.11. The first-order valence-corrected chi connectivity index (χ1v) is 8.31. The topological polar surface area (TPSA) is 82.1 Å². The summed E-state index contributed by atoms with van der Waals surface area (Å²) >= 11 is 3.25. The minimum Gasteiger partial charge on any atom is -0.455 e. The fourth-order valence-corrected chi connectivity index (χ4v) is 2.22. The van der Waals surface area contributed by atoms with Crippen LogP contribution < -0.4 is 0 Å². The monoisotopic (exact) mass is 380 g/mol. The molecule has 1 fully saturated rings. The molecule has 2 unspecified atom stereocenters. The Kier molecular flexibility index (Phi) is 6.03. The zero-order valence-corrected chi connectivity index (χ0v) is 15.5. The Morgan fingerprint density at radius 3 is 1.77 bits per heavy atom. The summed E-state index contributed by atoms with van der Waals surface area (Å²) in [6.07, 6.45) is -3.81. The summed E-state index contributed by atoms with van der Waals surface area (Å²) in [5, 5.41) is 10.3. The smallest absolute Gasteiger partial charge is 0.311 e. The lowest BCUT2D eigenvalue weighted by Crippen LogP contribution is -2.44. The predicted molar refractivity (Wildman–Crippen MR) is 83.3 cm³/mol. The van der Waals surface area contributed by atoms with Crippen molar-refractivity contribution >= 4 is 27.9 Å². The second-order valence-electron chi connectivity index (χ2n) is 7.46. The Bertz CT molecular complexity index is 423. The minimum absolute atomic E-state index is 0.343. The Hall–Kier alpha value is -0.660. The third kappa shape index (κ3) is 4.67. The SMILES string of the molecule is CC(C)(C)C(=O)O[C@@H]1C(CBr)OC(O)[C@@H]1OC(=O)C(C)(C)C.